The first kappa shape index (κ1) is 30.4. The van der Waals surface area contributed by atoms with Crippen molar-refractivity contribution < 1.29 is 8.42 Å². The Kier molecular flexibility index (Phi) is 11.4. The number of hydrogen-bond donors (Lipinski definition) is 4. The lowest BCUT2D eigenvalue weighted by molar-refractivity contribution is 0.284. The minimum absolute atomic E-state index is 0. The van der Waals surface area contributed by atoms with E-state index in [9.17, 15) is 8.42 Å². The molecule has 0 aliphatic heterocycles. The van der Waals surface area contributed by atoms with Gasteiger partial charge in [-0.1, -0.05) is 42.8 Å². The Bertz CT molecular complexity index is 1280. The third kappa shape index (κ3) is 8.41. The Hall–Kier alpha value is -2.17. The summed E-state index contributed by atoms with van der Waals surface area (Å²) in [6, 6.07) is 12.3. The van der Waals surface area contributed by atoms with E-state index in [1.54, 1.807) is 0 Å². The van der Waals surface area contributed by atoms with Gasteiger partial charge < -0.3 is 16.4 Å². The minimum atomic E-state index is -3.66. The number of para-hydroxylation sites is 1. The van der Waals surface area contributed by atoms with Crippen molar-refractivity contribution in [2.24, 2.45) is 17.6 Å². The largest absolute Gasteiger partial charge is 0.369 e. The van der Waals surface area contributed by atoms with Gasteiger partial charge in [0.1, 0.15) is 5.82 Å². The lowest BCUT2D eigenvalue weighted by Gasteiger charge is -2.28. The number of nitrogens with two attached hydrogens (primary N) is 1. The number of aromatic nitrogens is 2. The molecule has 1 heterocycles. The van der Waals surface area contributed by atoms with Crippen molar-refractivity contribution >= 4 is 55.9 Å². The zero-order chi connectivity index (χ0) is 26.3. The summed E-state index contributed by atoms with van der Waals surface area (Å²) in [5, 5.41) is 8.46. The van der Waals surface area contributed by atoms with Crippen LogP contribution in [0.3, 0.4) is 0 Å². The monoisotopic (exact) mass is 580 g/mol. The van der Waals surface area contributed by atoms with E-state index in [1.165, 1.54) is 18.2 Å². The maximum atomic E-state index is 12.7. The molecule has 11 heteroatoms. The van der Waals surface area contributed by atoms with Crippen molar-refractivity contribution in [3.63, 3.8) is 0 Å². The van der Waals surface area contributed by atoms with Gasteiger partial charge >= 0.3 is 0 Å². The van der Waals surface area contributed by atoms with Crippen LogP contribution in [0.2, 0.25) is 10.0 Å². The molecule has 0 atom stereocenters. The third-order valence-electron chi connectivity index (χ3n) is 6.75. The molecule has 5 N–H and O–H groups in total. The molecule has 4 rings (SSSR count). The number of halogens is 2. The molecule has 2 aromatic carbocycles. The van der Waals surface area contributed by atoms with Crippen molar-refractivity contribution in [2.75, 3.05) is 36.8 Å². The smallest absolute Gasteiger partial charge is 0.240 e. The molecular formula is C27H38Cl2N6O2S. The summed E-state index contributed by atoms with van der Waals surface area (Å²) in [6.45, 7) is 2.68. The fourth-order valence-corrected chi connectivity index (χ4v) is 6.48. The quantitative estimate of drug-likeness (QED) is 0.196. The first-order valence-corrected chi connectivity index (χ1v) is 15.0. The lowest BCUT2D eigenvalue weighted by atomic mass is 9.82. The fourth-order valence-electron chi connectivity index (χ4n) is 4.64. The minimum Gasteiger partial charge on any atom is -0.369 e. The summed E-state index contributed by atoms with van der Waals surface area (Å²) in [7, 11) is -3.66. The van der Waals surface area contributed by atoms with Crippen LogP contribution in [-0.4, -0.2) is 44.6 Å². The second-order valence-corrected chi connectivity index (χ2v) is 12.2. The van der Waals surface area contributed by atoms with E-state index >= 15 is 0 Å². The SMILES string of the molecule is C.NCCCCNc1nc(NCC2CCC(CNS(=O)(=O)c3cc(Cl)cc(Cl)c3)CC2)nc2ccccc12. The molecule has 1 fully saturated rings. The van der Waals surface area contributed by atoms with Crippen molar-refractivity contribution in [1.82, 2.24) is 14.7 Å². The summed E-state index contributed by atoms with van der Waals surface area (Å²) < 4.78 is 28.0. The predicted octanol–water partition coefficient (Wildman–Crippen LogP) is 5.92. The maximum Gasteiger partial charge on any atom is 0.240 e. The van der Waals surface area contributed by atoms with Gasteiger partial charge in [0.2, 0.25) is 16.0 Å². The first-order chi connectivity index (χ1) is 17.8. The van der Waals surface area contributed by atoms with E-state index in [-0.39, 0.29) is 12.3 Å². The van der Waals surface area contributed by atoms with Crippen LogP contribution < -0.4 is 21.1 Å². The number of sulfonamides is 1. The van der Waals surface area contributed by atoms with Crippen LogP contribution in [0, 0.1) is 11.8 Å². The van der Waals surface area contributed by atoms with Crippen LogP contribution in [-0.2, 0) is 10.0 Å². The van der Waals surface area contributed by atoms with E-state index in [0.29, 0.717) is 40.9 Å². The van der Waals surface area contributed by atoms with Gasteiger partial charge in [0.05, 0.1) is 10.4 Å². The number of anilines is 2. The number of rotatable bonds is 12. The van der Waals surface area contributed by atoms with E-state index in [4.69, 9.17) is 38.9 Å². The molecule has 1 saturated carbocycles. The Labute approximate surface area is 236 Å². The molecule has 0 spiro atoms. The Morgan fingerprint density at radius 3 is 2.24 bits per heavy atom. The topological polar surface area (TPSA) is 122 Å². The summed E-state index contributed by atoms with van der Waals surface area (Å²) in [5.74, 6) is 2.23. The Morgan fingerprint density at radius 1 is 0.895 bits per heavy atom. The van der Waals surface area contributed by atoms with E-state index in [1.807, 2.05) is 24.3 Å². The standard InChI is InChI=1S/C26H34Cl2N6O2S.CH4/c27-20-13-21(28)15-22(14-20)37(35,36)32-17-19-9-7-18(8-10-19)16-31-26-33-24-6-2-1-5-23(24)25(34-26)30-12-4-3-11-29;/h1-2,5-6,13-15,18-19,32H,3-4,7-12,16-17,29H2,(H2,30,31,33,34);1H4. The van der Waals surface area contributed by atoms with E-state index < -0.39 is 10.0 Å². The molecule has 0 bridgehead atoms. The van der Waals surface area contributed by atoms with E-state index in [2.05, 4.69) is 15.4 Å². The summed E-state index contributed by atoms with van der Waals surface area (Å²) in [6.07, 6.45) is 5.90. The van der Waals surface area contributed by atoms with Gasteiger partial charge in [0.15, 0.2) is 0 Å². The van der Waals surface area contributed by atoms with Crippen LogP contribution in [0.4, 0.5) is 11.8 Å². The number of nitrogens with one attached hydrogen (secondary N) is 3. The molecule has 8 nitrogen and oxygen atoms in total. The number of nitrogens with zero attached hydrogens (tertiary/aromatic N) is 2. The maximum absolute atomic E-state index is 12.7. The van der Waals surface area contributed by atoms with Crippen molar-refractivity contribution in [3.05, 3.63) is 52.5 Å². The highest BCUT2D eigenvalue weighted by Crippen LogP contribution is 2.30. The average Bonchev–Trinajstić information content (AvgIpc) is 2.89. The molecule has 1 aromatic heterocycles. The van der Waals surface area contributed by atoms with Crippen LogP contribution >= 0.6 is 23.2 Å². The third-order valence-corrected chi connectivity index (χ3v) is 8.59. The highest BCUT2D eigenvalue weighted by Gasteiger charge is 2.24. The highest BCUT2D eigenvalue weighted by molar-refractivity contribution is 7.89. The Balaban J connectivity index is 0.00000400. The number of hydrogen-bond acceptors (Lipinski definition) is 7. The molecular weight excluding hydrogens is 543 g/mol. The highest BCUT2D eigenvalue weighted by atomic mass is 35.5. The Morgan fingerprint density at radius 2 is 1.55 bits per heavy atom. The summed E-state index contributed by atoms with van der Waals surface area (Å²) >= 11 is 11.9. The van der Waals surface area contributed by atoms with Crippen LogP contribution in [0.25, 0.3) is 10.9 Å². The molecule has 0 amide bonds. The molecule has 1 aliphatic rings. The zero-order valence-corrected chi connectivity index (χ0v) is 23.0. The van der Waals surface area contributed by atoms with Gasteiger partial charge in [-0.15, -0.1) is 0 Å². The van der Waals surface area contributed by atoms with Crippen molar-refractivity contribution in [2.45, 2.75) is 50.8 Å². The molecule has 0 unspecified atom stereocenters. The van der Waals surface area contributed by atoms with Gasteiger partial charge in [-0.2, -0.15) is 4.98 Å². The molecule has 208 valence electrons. The molecule has 3 aromatic rings. The second kappa shape index (κ2) is 14.3. The van der Waals surface area contributed by atoms with Gasteiger partial charge in [0, 0.05) is 35.1 Å². The molecule has 0 radical (unpaired) electrons. The van der Waals surface area contributed by atoms with Gasteiger partial charge in [-0.25, -0.2) is 18.1 Å². The van der Waals surface area contributed by atoms with Crippen molar-refractivity contribution in [3.8, 4) is 0 Å². The number of fused-ring (bicyclic) bond motifs is 1. The van der Waals surface area contributed by atoms with Crippen LogP contribution in [0.5, 0.6) is 0 Å². The van der Waals surface area contributed by atoms with E-state index in [0.717, 1.165) is 68.3 Å². The predicted molar refractivity (Wildman–Crippen MR) is 159 cm³/mol. The van der Waals surface area contributed by atoms with Crippen LogP contribution in [0.15, 0.2) is 47.4 Å². The number of unbranched alkanes of at least 4 members (excludes halogenated alkanes) is 1. The van der Waals surface area contributed by atoms with Crippen molar-refractivity contribution in [1.29, 1.82) is 0 Å². The van der Waals surface area contributed by atoms with Gasteiger partial charge in [-0.3, -0.25) is 0 Å². The normalized spacial score (nSPS) is 17.7. The lowest BCUT2D eigenvalue weighted by Crippen LogP contribution is -2.32. The molecule has 1 aliphatic carbocycles. The molecule has 38 heavy (non-hydrogen) atoms. The first-order valence-electron chi connectivity index (χ1n) is 12.7. The average molecular weight is 582 g/mol. The van der Waals surface area contributed by atoms with Crippen LogP contribution in [0.1, 0.15) is 46.0 Å². The molecule has 0 saturated heterocycles. The zero-order valence-electron chi connectivity index (χ0n) is 20.7. The van der Waals surface area contributed by atoms with Gasteiger partial charge in [0.25, 0.3) is 0 Å². The van der Waals surface area contributed by atoms with Gasteiger partial charge in [-0.05, 0) is 87.2 Å². The second-order valence-electron chi connectivity index (χ2n) is 9.56. The fraction of sp³-hybridized carbons (Fsp3) is 0.481. The summed E-state index contributed by atoms with van der Waals surface area (Å²) in [4.78, 5) is 9.52. The number of benzene rings is 2. The summed E-state index contributed by atoms with van der Waals surface area (Å²) in [5.41, 5.74) is 6.51.